The molecule has 0 N–H and O–H groups in total. The number of nitrogens with zero attached hydrogens (tertiary/aromatic N) is 1. The van der Waals surface area contributed by atoms with Gasteiger partial charge in [0.05, 0.1) is 0 Å². The molecule has 0 rings (SSSR count). The van der Waals surface area contributed by atoms with E-state index in [1.807, 2.05) is 0 Å². The van der Waals surface area contributed by atoms with Crippen LogP contribution in [-0.4, -0.2) is 29.3 Å². The second-order valence-corrected chi connectivity index (χ2v) is 6.00. The van der Waals surface area contributed by atoms with Crippen molar-refractivity contribution in [2.24, 2.45) is 5.92 Å². The smallest absolute Gasteiger partial charge is 0.132 e. The molecule has 0 aromatic rings. The lowest BCUT2D eigenvalue weighted by Crippen LogP contribution is -2.37. The first-order valence-electron chi connectivity index (χ1n) is 7.12. The van der Waals surface area contributed by atoms with Gasteiger partial charge in [0.1, 0.15) is 5.78 Å². The highest BCUT2D eigenvalue weighted by Gasteiger charge is 2.13. The summed E-state index contributed by atoms with van der Waals surface area (Å²) in [5.41, 5.74) is 0. The topological polar surface area (TPSA) is 20.3 Å². The lowest BCUT2D eigenvalue weighted by atomic mass is 10.0. The number of ketones is 1. The highest BCUT2D eigenvalue weighted by molar-refractivity contribution is 5.78. The Labute approximate surface area is 108 Å². The van der Waals surface area contributed by atoms with Gasteiger partial charge in [0.15, 0.2) is 0 Å². The second kappa shape index (κ2) is 8.68. The molecular formula is C15H31NO. The molecule has 0 amide bonds. The van der Waals surface area contributed by atoms with Crippen molar-refractivity contribution < 1.29 is 4.79 Å². The molecule has 0 aromatic carbocycles. The zero-order valence-electron chi connectivity index (χ0n) is 12.6. The molecule has 102 valence electrons. The molecular weight excluding hydrogens is 210 g/mol. The van der Waals surface area contributed by atoms with Gasteiger partial charge in [0.2, 0.25) is 0 Å². The summed E-state index contributed by atoms with van der Waals surface area (Å²) in [7, 11) is 0. The van der Waals surface area contributed by atoms with Crippen molar-refractivity contribution in [2.45, 2.75) is 79.3 Å². The number of hydrogen-bond acceptors (Lipinski definition) is 2. The Bertz CT molecular complexity index is 201. The van der Waals surface area contributed by atoms with E-state index in [1.54, 1.807) is 0 Å². The average Bonchev–Trinajstić information content (AvgIpc) is 2.20. The first-order valence-corrected chi connectivity index (χ1v) is 7.12. The van der Waals surface area contributed by atoms with Crippen LogP contribution in [0.5, 0.6) is 0 Å². The Morgan fingerprint density at radius 2 is 1.47 bits per heavy atom. The van der Waals surface area contributed by atoms with Gasteiger partial charge in [0.25, 0.3) is 0 Å². The molecule has 2 nitrogen and oxygen atoms in total. The molecule has 0 heterocycles. The zero-order valence-corrected chi connectivity index (χ0v) is 12.6. The van der Waals surface area contributed by atoms with Crippen molar-refractivity contribution in [3.8, 4) is 0 Å². The SMILES string of the molecule is CC(C)CCC(=O)CCCN(C(C)C)C(C)C. The van der Waals surface area contributed by atoms with Gasteiger partial charge in [-0.05, 0) is 53.0 Å². The van der Waals surface area contributed by atoms with Crippen molar-refractivity contribution in [1.82, 2.24) is 4.90 Å². The fourth-order valence-electron chi connectivity index (χ4n) is 2.15. The quantitative estimate of drug-likeness (QED) is 0.610. The molecule has 2 heteroatoms. The molecule has 0 aliphatic heterocycles. The maximum absolute atomic E-state index is 11.7. The van der Waals surface area contributed by atoms with Gasteiger partial charge in [0, 0.05) is 24.9 Å². The van der Waals surface area contributed by atoms with Crippen LogP contribution in [0, 0.1) is 5.92 Å². The van der Waals surface area contributed by atoms with Crippen LogP contribution in [0.25, 0.3) is 0 Å². The first-order chi connectivity index (χ1) is 7.84. The fourth-order valence-corrected chi connectivity index (χ4v) is 2.15. The fraction of sp³-hybridized carbons (Fsp3) is 0.933. The normalized spacial score (nSPS) is 12.1. The molecule has 0 spiro atoms. The van der Waals surface area contributed by atoms with Gasteiger partial charge in [-0.15, -0.1) is 0 Å². The predicted molar refractivity (Wildman–Crippen MR) is 75.3 cm³/mol. The number of hydrogen-bond donors (Lipinski definition) is 0. The van der Waals surface area contributed by atoms with Gasteiger partial charge in [-0.1, -0.05) is 13.8 Å². The standard InChI is InChI=1S/C15H31NO/c1-12(2)9-10-15(17)8-7-11-16(13(3)4)14(5)6/h12-14H,7-11H2,1-6H3. The number of rotatable bonds is 9. The Kier molecular flexibility index (Phi) is 8.49. The van der Waals surface area contributed by atoms with E-state index in [0.717, 1.165) is 32.2 Å². The highest BCUT2D eigenvalue weighted by atomic mass is 16.1. The van der Waals surface area contributed by atoms with E-state index in [1.165, 1.54) is 0 Å². The van der Waals surface area contributed by atoms with Crippen LogP contribution < -0.4 is 0 Å². The van der Waals surface area contributed by atoms with Crippen molar-refractivity contribution >= 4 is 5.78 Å². The summed E-state index contributed by atoms with van der Waals surface area (Å²) in [5, 5.41) is 0. The largest absolute Gasteiger partial charge is 0.300 e. The molecule has 0 unspecified atom stereocenters. The van der Waals surface area contributed by atoms with Crippen molar-refractivity contribution in [3.63, 3.8) is 0 Å². The predicted octanol–water partition coefficient (Wildman–Crippen LogP) is 3.89. The lowest BCUT2D eigenvalue weighted by Gasteiger charge is -2.30. The van der Waals surface area contributed by atoms with Crippen LogP contribution in [-0.2, 0) is 4.79 Å². The highest BCUT2D eigenvalue weighted by Crippen LogP contribution is 2.10. The van der Waals surface area contributed by atoms with Crippen LogP contribution in [0.3, 0.4) is 0 Å². The number of carbonyl (C=O) groups is 1. The van der Waals surface area contributed by atoms with Crippen LogP contribution >= 0.6 is 0 Å². The van der Waals surface area contributed by atoms with E-state index in [9.17, 15) is 4.79 Å². The van der Waals surface area contributed by atoms with E-state index in [-0.39, 0.29) is 0 Å². The summed E-state index contributed by atoms with van der Waals surface area (Å²) in [4.78, 5) is 14.1. The van der Waals surface area contributed by atoms with Gasteiger partial charge in [-0.2, -0.15) is 0 Å². The van der Waals surface area contributed by atoms with E-state index >= 15 is 0 Å². The maximum Gasteiger partial charge on any atom is 0.132 e. The minimum Gasteiger partial charge on any atom is -0.300 e. The van der Waals surface area contributed by atoms with E-state index < -0.39 is 0 Å². The summed E-state index contributed by atoms with van der Waals surface area (Å²) < 4.78 is 0. The molecule has 0 aromatic heterocycles. The zero-order chi connectivity index (χ0) is 13.4. The number of Topliss-reactive ketones (excluding diaryl/α,β-unsaturated/α-hetero) is 1. The van der Waals surface area contributed by atoms with Crippen LogP contribution in [0.4, 0.5) is 0 Å². The van der Waals surface area contributed by atoms with Crippen LogP contribution in [0.15, 0.2) is 0 Å². The minimum absolute atomic E-state index is 0.436. The Morgan fingerprint density at radius 3 is 1.88 bits per heavy atom. The maximum atomic E-state index is 11.7. The second-order valence-electron chi connectivity index (χ2n) is 6.00. The molecule has 0 fully saturated rings. The summed E-state index contributed by atoms with van der Waals surface area (Å²) in [6, 6.07) is 1.14. The number of carbonyl (C=O) groups excluding carboxylic acids is 1. The van der Waals surface area contributed by atoms with E-state index in [0.29, 0.717) is 23.8 Å². The molecule has 0 aliphatic carbocycles. The third-order valence-electron chi connectivity index (χ3n) is 3.20. The van der Waals surface area contributed by atoms with Gasteiger partial charge >= 0.3 is 0 Å². The molecule has 0 radical (unpaired) electrons. The molecule has 0 aliphatic rings. The minimum atomic E-state index is 0.436. The van der Waals surface area contributed by atoms with Crippen molar-refractivity contribution in [2.75, 3.05) is 6.54 Å². The Morgan fingerprint density at radius 1 is 0.941 bits per heavy atom. The monoisotopic (exact) mass is 241 g/mol. The average molecular weight is 241 g/mol. The Balaban J connectivity index is 3.77. The summed E-state index contributed by atoms with van der Waals surface area (Å²) >= 11 is 0. The lowest BCUT2D eigenvalue weighted by molar-refractivity contribution is -0.119. The van der Waals surface area contributed by atoms with Crippen molar-refractivity contribution in [1.29, 1.82) is 0 Å². The molecule has 0 atom stereocenters. The molecule has 0 bridgehead atoms. The van der Waals surface area contributed by atoms with Crippen LogP contribution in [0.1, 0.15) is 67.2 Å². The van der Waals surface area contributed by atoms with E-state index in [4.69, 9.17) is 0 Å². The molecule has 17 heavy (non-hydrogen) atoms. The Hall–Kier alpha value is -0.370. The first kappa shape index (κ1) is 16.6. The van der Waals surface area contributed by atoms with Gasteiger partial charge < -0.3 is 0 Å². The third kappa shape index (κ3) is 8.37. The summed E-state index contributed by atoms with van der Waals surface area (Å²) in [6.07, 6.45) is 3.56. The molecule has 0 saturated heterocycles. The van der Waals surface area contributed by atoms with Crippen molar-refractivity contribution in [3.05, 3.63) is 0 Å². The third-order valence-corrected chi connectivity index (χ3v) is 3.20. The summed E-state index contributed by atoms with van der Waals surface area (Å²) in [5.74, 6) is 1.08. The summed E-state index contributed by atoms with van der Waals surface area (Å²) in [6.45, 7) is 14.3. The molecule has 0 saturated carbocycles. The van der Waals surface area contributed by atoms with Gasteiger partial charge in [-0.3, -0.25) is 9.69 Å². The van der Waals surface area contributed by atoms with E-state index in [2.05, 4.69) is 46.4 Å². The van der Waals surface area contributed by atoms with Crippen LogP contribution in [0.2, 0.25) is 0 Å². The van der Waals surface area contributed by atoms with Gasteiger partial charge in [-0.25, -0.2) is 0 Å².